The summed E-state index contributed by atoms with van der Waals surface area (Å²) < 4.78 is 19.9. The number of rotatable bonds is 5. The molecule has 10 nitrogen and oxygen atoms in total. The summed E-state index contributed by atoms with van der Waals surface area (Å²) in [6.07, 6.45) is -2.00. The number of fused-ring (bicyclic) bond motifs is 1. The average molecular weight is 392 g/mol. The Balaban J connectivity index is 2.68. The van der Waals surface area contributed by atoms with Crippen molar-refractivity contribution in [2.45, 2.75) is 20.8 Å². The molecule has 0 spiro atoms. The molecule has 0 aromatic heterocycles. The minimum atomic E-state index is -0.999. The summed E-state index contributed by atoms with van der Waals surface area (Å²) in [7, 11) is 0. The standard InChI is InChI=1S/C18H20N2O8/c1-4-25-17(22)27-14-11-7-6-10(16(21)20-24)8-9(3)12(11)15(13(14)19)28-18(23)26-5-2/h6-8,24H,4-5,19H2,1-3H3,(H,20,21). The van der Waals surface area contributed by atoms with E-state index in [2.05, 4.69) is 0 Å². The van der Waals surface area contributed by atoms with Crippen LogP contribution in [0.1, 0.15) is 29.8 Å². The zero-order valence-electron chi connectivity index (χ0n) is 15.5. The zero-order valence-corrected chi connectivity index (χ0v) is 15.5. The lowest BCUT2D eigenvalue weighted by molar-refractivity contribution is 0.0706. The van der Waals surface area contributed by atoms with Gasteiger partial charge in [-0.25, -0.2) is 15.1 Å². The molecule has 0 fully saturated rings. The lowest BCUT2D eigenvalue weighted by atomic mass is 10.1. The maximum absolute atomic E-state index is 11.8. The SMILES string of the molecule is CCOC(=O)Oc1c2ccc(C(=O)NO)cc(C)c-2c(OC(=O)OCC)c1N. The zero-order chi connectivity index (χ0) is 20.8. The van der Waals surface area contributed by atoms with Crippen molar-refractivity contribution in [3.8, 4) is 22.6 Å². The second kappa shape index (κ2) is 8.91. The molecular weight excluding hydrogens is 372 g/mol. The first-order chi connectivity index (χ1) is 13.3. The van der Waals surface area contributed by atoms with E-state index >= 15 is 0 Å². The van der Waals surface area contributed by atoms with Gasteiger partial charge in [0.15, 0.2) is 11.5 Å². The van der Waals surface area contributed by atoms with Crippen molar-refractivity contribution in [1.82, 2.24) is 5.48 Å². The van der Waals surface area contributed by atoms with Crippen LogP contribution >= 0.6 is 0 Å². The van der Waals surface area contributed by atoms with Crippen molar-refractivity contribution in [2.75, 3.05) is 18.9 Å². The number of nitrogens with one attached hydrogen (secondary N) is 1. The van der Waals surface area contributed by atoms with Gasteiger partial charge in [-0.1, -0.05) is 0 Å². The lowest BCUT2D eigenvalue weighted by Gasteiger charge is -2.06. The number of carbonyl (C=O) groups excluding carboxylic acids is 3. The van der Waals surface area contributed by atoms with Crippen LogP contribution in [-0.2, 0) is 9.47 Å². The summed E-state index contributed by atoms with van der Waals surface area (Å²) in [5, 5.41) is 8.87. The van der Waals surface area contributed by atoms with E-state index in [1.165, 1.54) is 23.7 Å². The Morgan fingerprint density at radius 1 is 1.04 bits per heavy atom. The van der Waals surface area contributed by atoms with Crippen LogP contribution in [0.3, 0.4) is 0 Å². The van der Waals surface area contributed by atoms with Crippen LogP contribution in [0.2, 0.25) is 0 Å². The van der Waals surface area contributed by atoms with Gasteiger partial charge in [-0.05, 0) is 44.5 Å². The summed E-state index contributed by atoms with van der Waals surface area (Å²) in [5.41, 5.74) is 8.66. The third-order valence-electron chi connectivity index (χ3n) is 3.69. The van der Waals surface area contributed by atoms with Gasteiger partial charge in [-0.3, -0.25) is 10.0 Å². The van der Waals surface area contributed by atoms with E-state index in [-0.39, 0.29) is 36.0 Å². The Bertz CT molecular complexity index is 881. The molecule has 1 amide bonds. The Hall–Kier alpha value is -3.53. The van der Waals surface area contributed by atoms with E-state index in [0.29, 0.717) is 16.7 Å². The number of nitrogens with two attached hydrogens (primary N) is 1. The predicted octanol–water partition coefficient (Wildman–Crippen LogP) is 2.87. The van der Waals surface area contributed by atoms with Crippen molar-refractivity contribution >= 4 is 23.9 Å². The van der Waals surface area contributed by atoms with Gasteiger partial charge >= 0.3 is 12.3 Å². The van der Waals surface area contributed by atoms with Crippen LogP contribution in [0.25, 0.3) is 11.1 Å². The minimum Gasteiger partial charge on any atom is -0.434 e. The number of ether oxygens (including phenoxy) is 4. The molecule has 150 valence electrons. The van der Waals surface area contributed by atoms with Crippen molar-refractivity contribution in [2.24, 2.45) is 0 Å². The summed E-state index contributed by atoms with van der Waals surface area (Å²) >= 11 is 0. The summed E-state index contributed by atoms with van der Waals surface area (Å²) in [6.45, 7) is 5.00. The lowest BCUT2D eigenvalue weighted by Crippen LogP contribution is -2.18. The third-order valence-corrected chi connectivity index (χ3v) is 3.69. The number of carbonyl (C=O) groups is 3. The molecule has 0 aliphatic heterocycles. The fraction of sp³-hybridized carbons (Fsp3) is 0.278. The van der Waals surface area contributed by atoms with E-state index in [1.807, 2.05) is 0 Å². The van der Waals surface area contributed by atoms with Gasteiger partial charge in [-0.2, -0.15) is 0 Å². The minimum absolute atomic E-state index is 0.0805. The first-order valence-corrected chi connectivity index (χ1v) is 8.33. The number of nitrogen functional groups attached to an aromatic ring is 1. The number of hydrogen-bond donors (Lipinski definition) is 3. The topological polar surface area (TPSA) is 146 Å². The van der Waals surface area contributed by atoms with E-state index in [9.17, 15) is 14.4 Å². The average Bonchev–Trinajstić information content (AvgIpc) is 2.79. The summed E-state index contributed by atoms with van der Waals surface area (Å²) in [5.74, 6) is -0.936. The molecule has 4 N–H and O–H groups in total. The quantitative estimate of drug-likeness (QED) is 0.397. The molecular formula is C18H20N2O8. The predicted molar refractivity (Wildman–Crippen MR) is 96.8 cm³/mol. The molecule has 0 atom stereocenters. The van der Waals surface area contributed by atoms with Gasteiger partial charge in [0, 0.05) is 16.7 Å². The second-order valence-corrected chi connectivity index (χ2v) is 5.49. The molecule has 28 heavy (non-hydrogen) atoms. The molecule has 0 radical (unpaired) electrons. The monoisotopic (exact) mass is 392 g/mol. The van der Waals surface area contributed by atoms with E-state index in [0.717, 1.165) is 0 Å². The largest absolute Gasteiger partial charge is 0.513 e. The normalized spacial score (nSPS) is 10.3. The molecule has 0 aromatic carbocycles. The van der Waals surface area contributed by atoms with Gasteiger partial charge in [-0.15, -0.1) is 0 Å². The van der Waals surface area contributed by atoms with Crippen LogP contribution < -0.4 is 20.7 Å². The number of hydroxylamine groups is 1. The second-order valence-electron chi connectivity index (χ2n) is 5.49. The highest BCUT2D eigenvalue weighted by atomic mass is 16.7. The molecule has 0 bridgehead atoms. The molecule has 2 aliphatic carbocycles. The number of anilines is 1. The Labute approximate surface area is 160 Å². The molecule has 2 rings (SSSR count). The Morgan fingerprint density at radius 2 is 1.61 bits per heavy atom. The first kappa shape index (κ1) is 20.8. The number of aryl methyl sites for hydroxylation is 1. The van der Waals surface area contributed by atoms with Crippen LogP contribution in [0.15, 0.2) is 18.2 Å². The number of hydrogen-bond acceptors (Lipinski definition) is 9. The fourth-order valence-electron chi connectivity index (χ4n) is 2.58. The summed E-state index contributed by atoms with van der Waals surface area (Å²) in [6, 6.07) is 4.27. The summed E-state index contributed by atoms with van der Waals surface area (Å²) in [4.78, 5) is 35.4. The molecule has 0 saturated carbocycles. The van der Waals surface area contributed by atoms with Gasteiger partial charge in [0.05, 0.1) is 13.2 Å². The molecule has 10 heteroatoms. The van der Waals surface area contributed by atoms with Crippen LogP contribution in [0, 0.1) is 6.92 Å². The van der Waals surface area contributed by atoms with Gasteiger partial charge in [0.2, 0.25) is 0 Å². The molecule has 0 heterocycles. The van der Waals surface area contributed by atoms with Crippen molar-refractivity contribution in [1.29, 1.82) is 0 Å². The first-order valence-electron chi connectivity index (χ1n) is 8.33. The molecule has 2 aliphatic rings. The van der Waals surface area contributed by atoms with Gasteiger partial charge in [0.1, 0.15) is 5.69 Å². The van der Waals surface area contributed by atoms with Gasteiger partial charge < -0.3 is 24.7 Å². The molecule has 0 unspecified atom stereocenters. The van der Waals surface area contributed by atoms with Crippen LogP contribution in [0.4, 0.5) is 15.3 Å². The third kappa shape index (κ3) is 4.23. The Morgan fingerprint density at radius 3 is 2.14 bits per heavy atom. The van der Waals surface area contributed by atoms with E-state index < -0.39 is 18.2 Å². The van der Waals surface area contributed by atoms with Crippen LogP contribution in [-0.4, -0.2) is 36.6 Å². The van der Waals surface area contributed by atoms with Crippen molar-refractivity contribution in [3.05, 3.63) is 29.3 Å². The molecule has 0 saturated heterocycles. The van der Waals surface area contributed by atoms with Crippen molar-refractivity contribution in [3.63, 3.8) is 0 Å². The molecule has 0 aromatic rings. The van der Waals surface area contributed by atoms with E-state index in [1.54, 1.807) is 20.8 Å². The highest BCUT2D eigenvalue weighted by Gasteiger charge is 2.29. The van der Waals surface area contributed by atoms with E-state index in [4.69, 9.17) is 29.9 Å². The highest BCUT2D eigenvalue weighted by molar-refractivity contribution is 5.99. The highest BCUT2D eigenvalue weighted by Crippen LogP contribution is 2.51. The maximum atomic E-state index is 11.8. The fourth-order valence-corrected chi connectivity index (χ4v) is 2.58. The van der Waals surface area contributed by atoms with Gasteiger partial charge in [0.25, 0.3) is 5.91 Å². The maximum Gasteiger partial charge on any atom is 0.513 e. The number of amides is 1. The Kier molecular flexibility index (Phi) is 6.61. The van der Waals surface area contributed by atoms with Crippen molar-refractivity contribution < 1.29 is 38.5 Å². The van der Waals surface area contributed by atoms with Crippen LogP contribution in [0.5, 0.6) is 11.5 Å². The smallest absolute Gasteiger partial charge is 0.434 e.